The average Bonchev–Trinajstić information content (AvgIpc) is 2.58. The van der Waals surface area contributed by atoms with Gasteiger partial charge in [-0.1, -0.05) is 6.07 Å². The third kappa shape index (κ3) is 4.66. The van der Waals surface area contributed by atoms with Crippen LogP contribution in [0.3, 0.4) is 0 Å². The van der Waals surface area contributed by atoms with E-state index in [1.807, 2.05) is 18.2 Å². The van der Waals surface area contributed by atoms with Crippen molar-refractivity contribution in [3.8, 4) is 0 Å². The Bertz CT molecular complexity index is 752. The van der Waals surface area contributed by atoms with Gasteiger partial charge >= 0.3 is 6.18 Å². The predicted octanol–water partition coefficient (Wildman–Crippen LogP) is 2.57. The molecular formula is C17H19F3N4O. The van der Waals surface area contributed by atoms with Crippen LogP contribution in [0.2, 0.25) is 0 Å². The van der Waals surface area contributed by atoms with Crippen LogP contribution in [0.25, 0.3) is 0 Å². The molecule has 134 valence electrons. The summed E-state index contributed by atoms with van der Waals surface area (Å²) in [5.41, 5.74) is -0.527. The van der Waals surface area contributed by atoms with Gasteiger partial charge in [-0.05, 0) is 50.0 Å². The summed E-state index contributed by atoms with van der Waals surface area (Å²) in [5.74, 6) is 0.147. The molecule has 1 aliphatic rings. The van der Waals surface area contributed by atoms with Crippen LogP contribution >= 0.6 is 0 Å². The van der Waals surface area contributed by atoms with Gasteiger partial charge in [-0.2, -0.15) is 18.3 Å². The molecule has 2 aromatic heterocycles. The highest BCUT2D eigenvalue weighted by Crippen LogP contribution is 2.26. The van der Waals surface area contributed by atoms with Crippen LogP contribution in [0.5, 0.6) is 0 Å². The van der Waals surface area contributed by atoms with Crippen molar-refractivity contribution in [2.45, 2.75) is 32.1 Å². The highest BCUT2D eigenvalue weighted by molar-refractivity contribution is 5.05. The maximum absolute atomic E-state index is 12.7. The molecule has 25 heavy (non-hydrogen) atoms. The lowest BCUT2D eigenvalue weighted by Gasteiger charge is -2.31. The van der Waals surface area contributed by atoms with Gasteiger partial charge in [0.1, 0.15) is 0 Å². The summed E-state index contributed by atoms with van der Waals surface area (Å²) < 4.78 is 39.2. The molecule has 3 heterocycles. The van der Waals surface area contributed by atoms with Crippen molar-refractivity contribution in [2.24, 2.45) is 5.92 Å². The zero-order valence-corrected chi connectivity index (χ0v) is 13.6. The Morgan fingerprint density at radius 2 is 1.88 bits per heavy atom. The molecule has 0 radical (unpaired) electrons. The van der Waals surface area contributed by atoms with E-state index in [0.717, 1.165) is 55.0 Å². The third-order valence-electron chi connectivity index (χ3n) is 4.41. The zero-order valence-electron chi connectivity index (χ0n) is 13.6. The van der Waals surface area contributed by atoms with Crippen molar-refractivity contribution in [2.75, 3.05) is 13.1 Å². The number of hydrogen-bond acceptors (Lipinski definition) is 4. The van der Waals surface area contributed by atoms with Gasteiger partial charge < -0.3 is 0 Å². The molecule has 2 aromatic rings. The lowest BCUT2D eigenvalue weighted by molar-refractivity contribution is -0.142. The van der Waals surface area contributed by atoms with Crippen molar-refractivity contribution in [3.63, 3.8) is 0 Å². The highest BCUT2D eigenvalue weighted by Gasteiger charge is 2.33. The lowest BCUT2D eigenvalue weighted by atomic mass is 9.96. The smallest absolute Gasteiger partial charge is 0.297 e. The average molecular weight is 352 g/mol. The third-order valence-corrected chi connectivity index (χ3v) is 4.41. The predicted molar refractivity (Wildman–Crippen MR) is 85.7 cm³/mol. The minimum atomic E-state index is -4.54. The minimum absolute atomic E-state index is 0.147. The monoisotopic (exact) mass is 352 g/mol. The lowest BCUT2D eigenvalue weighted by Crippen LogP contribution is -2.37. The van der Waals surface area contributed by atoms with Gasteiger partial charge in [-0.25, -0.2) is 4.68 Å². The van der Waals surface area contributed by atoms with E-state index >= 15 is 0 Å². The first-order valence-electron chi connectivity index (χ1n) is 8.19. The van der Waals surface area contributed by atoms with Crippen LogP contribution < -0.4 is 5.56 Å². The second-order valence-electron chi connectivity index (χ2n) is 6.28. The first kappa shape index (κ1) is 17.6. The van der Waals surface area contributed by atoms with Crippen LogP contribution in [0, 0.1) is 5.92 Å². The number of rotatable bonds is 4. The first-order valence-corrected chi connectivity index (χ1v) is 8.19. The Labute approximate surface area is 143 Å². The molecular weight excluding hydrogens is 333 g/mol. The van der Waals surface area contributed by atoms with Crippen molar-refractivity contribution in [3.05, 3.63) is 58.3 Å². The molecule has 3 rings (SSSR count). The van der Waals surface area contributed by atoms with Crippen molar-refractivity contribution in [1.29, 1.82) is 0 Å². The van der Waals surface area contributed by atoms with Gasteiger partial charge in [0.2, 0.25) is 0 Å². The number of aromatic nitrogens is 3. The number of halogens is 3. The Balaban J connectivity index is 1.58. The Hall–Kier alpha value is -2.22. The number of hydrogen-bond donors (Lipinski definition) is 0. The fourth-order valence-corrected chi connectivity index (χ4v) is 3.02. The Morgan fingerprint density at radius 3 is 2.52 bits per heavy atom. The summed E-state index contributed by atoms with van der Waals surface area (Å²) in [4.78, 5) is 18.4. The van der Waals surface area contributed by atoms with Gasteiger partial charge in [0.15, 0.2) is 5.69 Å². The van der Waals surface area contributed by atoms with Crippen LogP contribution in [0.15, 0.2) is 41.3 Å². The molecule has 0 N–H and O–H groups in total. The Morgan fingerprint density at radius 1 is 1.12 bits per heavy atom. The summed E-state index contributed by atoms with van der Waals surface area (Å²) in [6.45, 7) is 2.64. The van der Waals surface area contributed by atoms with E-state index in [1.165, 1.54) is 0 Å². The fraction of sp³-hybridized carbons (Fsp3) is 0.471. The van der Waals surface area contributed by atoms with E-state index in [1.54, 1.807) is 6.20 Å². The molecule has 8 heteroatoms. The summed E-state index contributed by atoms with van der Waals surface area (Å²) in [6, 6.07) is 7.45. The number of alkyl halides is 3. The quantitative estimate of drug-likeness (QED) is 0.849. The van der Waals surface area contributed by atoms with E-state index in [2.05, 4.69) is 15.0 Å². The van der Waals surface area contributed by atoms with Gasteiger partial charge in [0.25, 0.3) is 5.56 Å². The van der Waals surface area contributed by atoms with E-state index in [0.29, 0.717) is 0 Å². The second-order valence-corrected chi connectivity index (χ2v) is 6.28. The van der Waals surface area contributed by atoms with E-state index in [-0.39, 0.29) is 12.5 Å². The van der Waals surface area contributed by atoms with E-state index < -0.39 is 17.4 Å². The summed E-state index contributed by atoms with van der Waals surface area (Å²) in [5, 5.41) is 3.48. The van der Waals surface area contributed by atoms with Gasteiger partial charge in [0, 0.05) is 25.4 Å². The molecule has 0 aromatic carbocycles. The molecule has 0 bridgehead atoms. The molecule has 1 aliphatic heterocycles. The maximum Gasteiger partial charge on any atom is 0.435 e. The van der Waals surface area contributed by atoms with Crippen molar-refractivity contribution < 1.29 is 13.2 Å². The summed E-state index contributed by atoms with van der Waals surface area (Å²) in [7, 11) is 0. The number of likely N-dealkylation sites (tertiary alicyclic amines) is 1. The SMILES string of the molecule is O=c1ccc(C(F)(F)F)nn1CC1CCN(Cc2ccccn2)CC1. The molecule has 1 saturated heterocycles. The molecule has 1 fully saturated rings. The number of nitrogens with zero attached hydrogens (tertiary/aromatic N) is 4. The second kappa shape index (κ2) is 7.35. The van der Waals surface area contributed by atoms with Crippen molar-refractivity contribution >= 4 is 0 Å². The number of piperidine rings is 1. The Kier molecular flexibility index (Phi) is 5.17. The molecule has 5 nitrogen and oxygen atoms in total. The van der Waals surface area contributed by atoms with Gasteiger partial charge in [0.05, 0.1) is 5.69 Å². The molecule has 0 atom stereocenters. The molecule has 0 saturated carbocycles. The first-order chi connectivity index (χ1) is 11.9. The largest absolute Gasteiger partial charge is 0.435 e. The maximum atomic E-state index is 12.7. The topological polar surface area (TPSA) is 51.0 Å². The minimum Gasteiger partial charge on any atom is -0.297 e. The number of pyridine rings is 1. The molecule has 0 aliphatic carbocycles. The summed E-state index contributed by atoms with van der Waals surface area (Å²) >= 11 is 0. The van der Waals surface area contributed by atoms with Crippen LogP contribution in [0.4, 0.5) is 13.2 Å². The van der Waals surface area contributed by atoms with Gasteiger partial charge in [-0.15, -0.1) is 0 Å². The van der Waals surface area contributed by atoms with E-state index in [9.17, 15) is 18.0 Å². The van der Waals surface area contributed by atoms with Crippen LogP contribution in [-0.2, 0) is 19.3 Å². The molecule has 0 spiro atoms. The molecule has 0 amide bonds. The van der Waals surface area contributed by atoms with Crippen LogP contribution in [0.1, 0.15) is 24.2 Å². The van der Waals surface area contributed by atoms with Gasteiger partial charge in [-0.3, -0.25) is 14.7 Å². The normalized spacial score (nSPS) is 16.9. The zero-order chi connectivity index (χ0) is 17.9. The standard InChI is InChI=1S/C17H19F3N4O/c18-17(19,20)15-4-5-16(25)24(22-15)11-13-6-9-23(10-7-13)12-14-3-1-2-8-21-14/h1-5,8,13H,6-7,9-12H2. The summed E-state index contributed by atoms with van der Waals surface area (Å²) in [6.07, 6.45) is -1.15. The fourth-order valence-electron chi connectivity index (χ4n) is 3.02. The van der Waals surface area contributed by atoms with Crippen molar-refractivity contribution in [1.82, 2.24) is 19.7 Å². The molecule has 0 unspecified atom stereocenters. The van der Waals surface area contributed by atoms with Crippen LogP contribution in [-0.4, -0.2) is 32.8 Å². The van der Waals surface area contributed by atoms with E-state index in [4.69, 9.17) is 0 Å². The highest BCUT2D eigenvalue weighted by atomic mass is 19.4.